The van der Waals surface area contributed by atoms with Gasteiger partial charge >= 0.3 is 0 Å². The Morgan fingerprint density at radius 3 is 2.23 bits per heavy atom. The number of hydrogen-bond acceptors (Lipinski definition) is 3. The molecule has 0 radical (unpaired) electrons. The first-order valence-electron chi connectivity index (χ1n) is 7.82. The third-order valence-electron chi connectivity index (χ3n) is 3.50. The van der Waals surface area contributed by atoms with Gasteiger partial charge in [0.25, 0.3) is 0 Å². The molecule has 0 aliphatic carbocycles. The fraction of sp³-hybridized carbons (Fsp3) is 0.562. The van der Waals surface area contributed by atoms with Crippen LogP contribution < -0.4 is 10.5 Å². The van der Waals surface area contributed by atoms with E-state index in [1.54, 1.807) is 12.1 Å². The van der Waals surface area contributed by atoms with E-state index in [-0.39, 0.29) is 10.8 Å². The Balaban J connectivity index is 2.24. The topological polar surface area (TPSA) is 89.3 Å². The highest BCUT2D eigenvalue weighted by Gasteiger charge is 2.07. The molecule has 0 aliphatic rings. The summed E-state index contributed by atoms with van der Waals surface area (Å²) in [6.45, 7) is 2.59. The fourth-order valence-corrected chi connectivity index (χ4v) is 2.67. The lowest BCUT2D eigenvalue weighted by molar-refractivity contribution is -0.121. The van der Waals surface area contributed by atoms with Crippen LogP contribution in [0.5, 0.6) is 0 Å². The van der Waals surface area contributed by atoms with Crippen LogP contribution in [-0.4, -0.2) is 14.3 Å². The number of carbonyl (C=O) groups excluding carboxylic acids is 1. The third kappa shape index (κ3) is 7.56. The zero-order valence-electron chi connectivity index (χ0n) is 13.2. The van der Waals surface area contributed by atoms with Crippen molar-refractivity contribution < 1.29 is 13.2 Å². The summed E-state index contributed by atoms with van der Waals surface area (Å²) in [6, 6.07) is 6.21. The molecule has 3 N–H and O–H groups in total. The minimum absolute atomic E-state index is 0.0333. The van der Waals surface area contributed by atoms with Gasteiger partial charge in [-0.25, -0.2) is 13.6 Å². The van der Waals surface area contributed by atoms with Gasteiger partial charge in [0, 0.05) is 13.0 Å². The SMILES string of the molecule is CCCCCCCCC(=O)NCc1ccc(S(N)(=O)=O)cc1. The number of nitrogens with two attached hydrogens (primary N) is 1. The molecule has 1 rings (SSSR count). The maximum absolute atomic E-state index is 11.7. The smallest absolute Gasteiger partial charge is 0.238 e. The summed E-state index contributed by atoms with van der Waals surface area (Å²) >= 11 is 0. The number of hydrogen-bond donors (Lipinski definition) is 2. The summed E-state index contributed by atoms with van der Waals surface area (Å²) in [5.74, 6) is 0.0333. The molecule has 5 nitrogen and oxygen atoms in total. The van der Waals surface area contributed by atoms with Gasteiger partial charge < -0.3 is 5.32 Å². The van der Waals surface area contributed by atoms with Gasteiger partial charge in [0.05, 0.1) is 4.90 Å². The van der Waals surface area contributed by atoms with E-state index < -0.39 is 10.0 Å². The van der Waals surface area contributed by atoms with Gasteiger partial charge in [0.2, 0.25) is 15.9 Å². The summed E-state index contributed by atoms with van der Waals surface area (Å²) in [5, 5.41) is 7.87. The molecular formula is C16H26N2O3S. The van der Waals surface area contributed by atoms with Crippen molar-refractivity contribution in [2.45, 2.75) is 63.3 Å². The molecule has 1 aromatic carbocycles. The van der Waals surface area contributed by atoms with E-state index in [0.29, 0.717) is 13.0 Å². The summed E-state index contributed by atoms with van der Waals surface area (Å²) < 4.78 is 22.3. The van der Waals surface area contributed by atoms with E-state index in [1.165, 1.54) is 37.8 Å². The lowest BCUT2D eigenvalue weighted by Crippen LogP contribution is -2.22. The lowest BCUT2D eigenvalue weighted by atomic mass is 10.1. The highest BCUT2D eigenvalue weighted by atomic mass is 32.2. The second-order valence-corrected chi connectivity index (χ2v) is 7.04. The molecule has 1 aromatic rings. The van der Waals surface area contributed by atoms with Gasteiger partial charge in [-0.05, 0) is 24.1 Å². The fourth-order valence-electron chi connectivity index (χ4n) is 2.15. The summed E-state index contributed by atoms with van der Waals surface area (Å²) in [7, 11) is -3.66. The first kappa shape index (κ1) is 18.6. The molecule has 0 unspecified atom stereocenters. The Labute approximate surface area is 133 Å². The lowest BCUT2D eigenvalue weighted by Gasteiger charge is -2.06. The molecular weight excluding hydrogens is 300 g/mol. The Kier molecular flexibility index (Phi) is 8.12. The van der Waals surface area contributed by atoms with Crippen molar-refractivity contribution in [3.8, 4) is 0 Å². The number of carbonyl (C=O) groups is 1. The average Bonchev–Trinajstić information content (AvgIpc) is 2.48. The Bertz CT molecular complexity index is 553. The highest BCUT2D eigenvalue weighted by Crippen LogP contribution is 2.09. The second-order valence-electron chi connectivity index (χ2n) is 5.48. The molecule has 22 heavy (non-hydrogen) atoms. The van der Waals surface area contributed by atoms with Crippen molar-refractivity contribution in [1.82, 2.24) is 5.32 Å². The van der Waals surface area contributed by atoms with E-state index in [0.717, 1.165) is 18.4 Å². The first-order chi connectivity index (χ1) is 10.4. The molecule has 6 heteroatoms. The van der Waals surface area contributed by atoms with Gasteiger partial charge in [-0.15, -0.1) is 0 Å². The van der Waals surface area contributed by atoms with E-state index in [9.17, 15) is 13.2 Å². The molecule has 0 fully saturated rings. The van der Waals surface area contributed by atoms with Crippen LogP contribution in [0.1, 0.15) is 57.4 Å². The number of amides is 1. The van der Waals surface area contributed by atoms with Crippen LogP contribution in [0.3, 0.4) is 0 Å². The van der Waals surface area contributed by atoms with Crippen LogP contribution >= 0.6 is 0 Å². The predicted molar refractivity (Wildman–Crippen MR) is 87.7 cm³/mol. The van der Waals surface area contributed by atoms with Crippen molar-refractivity contribution >= 4 is 15.9 Å². The molecule has 0 saturated heterocycles. The molecule has 0 atom stereocenters. The Hall–Kier alpha value is -1.40. The average molecular weight is 326 g/mol. The van der Waals surface area contributed by atoms with Gasteiger partial charge in [-0.1, -0.05) is 51.2 Å². The van der Waals surface area contributed by atoms with Crippen LogP contribution in [0.4, 0.5) is 0 Å². The van der Waals surface area contributed by atoms with Crippen molar-refractivity contribution in [2.75, 3.05) is 0 Å². The van der Waals surface area contributed by atoms with E-state index in [4.69, 9.17) is 5.14 Å². The Morgan fingerprint density at radius 2 is 1.64 bits per heavy atom. The number of sulfonamides is 1. The number of rotatable bonds is 10. The Morgan fingerprint density at radius 1 is 1.05 bits per heavy atom. The van der Waals surface area contributed by atoms with Gasteiger partial charge in [0.1, 0.15) is 0 Å². The quantitative estimate of drug-likeness (QED) is 0.648. The van der Waals surface area contributed by atoms with Crippen LogP contribution in [0.15, 0.2) is 29.2 Å². The van der Waals surface area contributed by atoms with E-state index >= 15 is 0 Å². The maximum atomic E-state index is 11.7. The first-order valence-corrected chi connectivity index (χ1v) is 9.36. The zero-order valence-corrected chi connectivity index (χ0v) is 14.0. The van der Waals surface area contributed by atoms with E-state index in [1.807, 2.05) is 0 Å². The minimum Gasteiger partial charge on any atom is -0.352 e. The van der Waals surface area contributed by atoms with Crippen molar-refractivity contribution in [1.29, 1.82) is 0 Å². The molecule has 0 aliphatic heterocycles. The normalized spacial score (nSPS) is 11.4. The number of unbranched alkanes of at least 4 members (excludes halogenated alkanes) is 5. The molecule has 0 heterocycles. The summed E-state index contributed by atoms with van der Waals surface area (Å²) in [6.07, 6.45) is 7.48. The summed E-state index contributed by atoms with van der Waals surface area (Å²) in [4.78, 5) is 11.8. The molecule has 0 saturated carbocycles. The predicted octanol–water partition coefficient (Wildman–Crippen LogP) is 2.70. The minimum atomic E-state index is -3.66. The molecule has 124 valence electrons. The monoisotopic (exact) mass is 326 g/mol. The molecule has 0 spiro atoms. The molecule has 1 amide bonds. The van der Waals surface area contributed by atoms with E-state index in [2.05, 4.69) is 12.2 Å². The largest absolute Gasteiger partial charge is 0.352 e. The van der Waals surface area contributed by atoms with Crippen LogP contribution in [0, 0.1) is 0 Å². The van der Waals surface area contributed by atoms with Crippen LogP contribution in [-0.2, 0) is 21.4 Å². The van der Waals surface area contributed by atoms with Gasteiger partial charge in [0.15, 0.2) is 0 Å². The number of nitrogens with one attached hydrogen (secondary N) is 1. The molecule has 0 bridgehead atoms. The van der Waals surface area contributed by atoms with Crippen LogP contribution in [0.2, 0.25) is 0 Å². The number of benzene rings is 1. The highest BCUT2D eigenvalue weighted by molar-refractivity contribution is 7.89. The van der Waals surface area contributed by atoms with Crippen molar-refractivity contribution in [3.05, 3.63) is 29.8 Å². The van der Waals surface area contributed by atoms with Crippen LogP contribution in [0.25, 0.3) is 0 Å². The van der Waals surface area contributed by atoms with Crippen molar-refractivity contribution in [3.63, 3.8) is 0 Å². The van der Waals surface area contributed by atoms with Gasteiger partial charge in [-0.2, -0.15) is 0 Å². The third-order valence-corrected chi connectivity index (χ3v) is 4.43. The van der Waals surface area contributed by atoms with Gasteiger partial charge in [-0.3, -0.25) is 4.79 Å². The zero-order chi connectivity index (χ0) is 16.4. The standard InChI is InChI=1S/C16H26N2O3S/c1-2-3-4-5-6-7-8-16(19)18-13-14-9-11-15(12-10-14)22(17,20)21/h9-12H,2-8,13H2,1H3,(H,18,19)(H2,17,20,21). The maximum Gasteiger partial charge on any atom is 0.238 e. The van der Waals surface area contributed by atoms with Crippen molar-refractivity contribution in [2.24, 2.45) is 5.14 Å². The molecule has 0 aromatic heterocycles. The second kappa shape index (κ2) is 9.58. The number of primary sulfonamides is 1. The summed E-state index contributed by atoms with van der Waals surface area (Å²) in [5.41, 5.74) is 0.851.